The standard InChI is InChI=1S/C44H55NO17/c1-10-56-39(53)59-32-29-22(2)26(58-37(51)31(48)30(25-16-17-55-20-25)45-38(52)62-40(4,5)6)19-44(54,41(29,7)8)35(60-36(50)24-14-12-11-13-15-24)33-42(9,34(32)49)27(47)18-28-43(33,21-57-28)61-23(3)46/h11-17,20,26-28,30-33,35,47-48,54H,10,18-19,21H2,1-9H3,(H,45,52)/t26-,27-,28+,30-,31+,32+,33?,35?,42+,43-,44+/m0/s1. The molecular formula is C44H55NO17. The minimum absolute atomic E-state index is 0.0449. The zero-order valence-electron chi connectivity index (χ0n) is 36.1. The number of alkyl carbamates (subject to hydrolysis) is 1. The number of Topliss-reactive ketones (excluding diaryl/α,β-unsaturated/α-hetero) is 1. The molecule has 2 heterocycles. The lowest BCUT2D eigenvalue weighted by molar-refractivity contribution is -0.346. The molecule has 6 rings (SSSR count). The number of hydrogen-bond donors (Lipinski definition) is 4. The molecule has 0 spiro atoms. The van der Waals surface area contributed by atoms with Crippen LogP contribution in [0.15, 0.2) is 64.5 Å². The lowest BCUT2D eigenvalue weighted by Gasteiger charge is -2.67. The van der Waals surface area contributed by atoms with E-state index in [0.29, 0.717) is 0 Å². The van der Waals surface area contributed by atoms with E-state index in [2.05, 4.69) is 5.32 Å². The largest absolute Gasteiger partial charge is 0.509 e. The van der Waals surface area contributed by atoms with Crippen molar-refractivity contribution in [1.82, 2.24) is 5.32 Å². The minimum atomic E-state index is -2.45. The smallest absolute Gasteiger partial charge is 0.472 e. The van der Waals surface area contributed by atoms with Gasteiger partial charge in [0.2, 0.25) is 0 Å². The van der Waals surface area contributed by atoms with E-state index in [9.17, 15) is 39.3 Å². The molecule has 3 fully saturated rings. The van der Waals surface area contributed by atoms with Crippen molar-refractivity contribution in [2.24, 2.45) is 16.7 Å². The van der Waals surface area contributed by atoms with E-state index in [1.165, 1.54) is 65.3 Å². The number of benzene rings is 1. The van der Waals surface area contributed by atoms with Crippen LogP contribution in [0.5, 0.6) is 0 Å². The van der Waals surface area contributed by atoms with Crippen LogP contribution < -0.4 is 5.32 Å². The quantitative estimate of drug-likeness (QED) is 0.149. The molecule has 3 aliphatic carbocycles. The number of aliphatic hydroxyl groups is 3. The van der Waals surface area contributed by atoms with Gasteiger partial charge in [0.25, 0.3) is 0 Å². The molecule has 0 radical (unpaired) electrons. The zero-order chi connectivity index (χ0) is 45.7. The maximum atomic E-state index is 15.6. The number of fused-ring (bicyclic) bond motifs is 5. The van der Waals surface area contributed by atoms with Crippen molar-refractivity contribution >= 4 is 35.9 Å². The van der Waals surface area contributed by atoms with Gasteiger partial charge in [0, 0.05) is 30.7 Å². The highest BCUT2D eigenvalue weighted by atomic mass is 16.7. The predicted octanol–water partition coefficient (Wildman–Crippen LogP) is 4.03. The van der Waals surface area contributed by atoms with Gasteiger partial charge in [-0.3, -0.25) is 9.59 Å². The SMILES string of the molecule is CCOC(=O)O[C@H]1C(=O)[C@@]2(C)C(C(OC(=O)c3ccccc3)[C@]3(O)C[C@H](OC(=O)[C@H](O)[C@@H](NC(=O)OC(C)(C)C)c4ccoc4)C(C)=C1C3(C)C)[C@]1(OC(C)=O)CO[C@@H]1C[C@@H]2O. The van der Waals surface area contributed by atoms with Crippen molar-refractivity contribution in [2.75, 3.05) is 13.2 Å². The molecule has 4 N–H and O–H groups in total. The molecule has 338 valence electrons. The van der Waals surface area contributed by atoms with Crippen molar-refractivity contribution in [3.05, 3.63) is 71.2 Å². The van der Waals surface area contributed by atoms with Gasteiger partial charge in [-0.1, -0.05) is 32.0 Å². The average Bonchev–Trinajstić information content (AvgIpc) is 3.72. The van der Waals surface area contributed by atoms with Crippen LogP contribution >= 0.6 is 0 Å². The number of nitrogens with one attached hydrogen (secondary N) is 1. The van der Waals surface area contributed by atoms with Crippen LogP contribution in [0.2, 0.25) is 0 Å². The van der Waals surface area contributed by atoms with Crippen LogP contribution in [0.1, 0.15) is 97.1 Å². The maximum Gasteiger partial charge on any atom is 0.509 e. The first-order valence-electron chi connectivity index (χ1n) is 20.4. The van der Waals surface area contributed by atoms with Crippen molar-refractivity contribution in [3.8, 4) is 0 Å². The summed E-state index contributed by atoms with van der Waals surface area (Å²) in [5, 5.41) is 39.8. The number of esters is 3. The zero-order valence-corrected chi connectivity index (χ0v) is 36.1. The molecule has 2 bridgehead atoms. The number of hydrogen-bond acceptors (Lipinski definition) is 17. The number of ketones is 1. The van der Waals surface area contributed by atoms with Crippen molar-refractivity contribution in [2.45, 2.75) is 135 Å². The summed E-state index contributed by atoms with van der Waals surface area (Å²) in [6.45, 7) is 12.9. The summed E-state index contributed by atoms with van der Waals surface area (Å²) in [6, 6.07) is 7.67. The number of amides is 1. The van der Waals surface area contributed by atoms with E-state index < -0.39 is 119 Å². The average molecular weight is 870 g/mol. The first-order chi connectivity index (χ1) is 28.9. The second kappa shape index (κ2) is 16.8. The van der Waals surface area contributed by atoms with Gasteiger partial charge in [0.15, 0.2) is 23.6 Å². The van der Waals surface area contributed by atoms with Crippen LogP contribution in [-0.2, 0) is 47.5 Å². The Hall–Kier alpha value is -5.30. The molecule has 2 unspecified atom stereocenters. The van der Waals surface area contributed by atoms with Crippen LogP contribution in [0.3, 0.4) is 0 Å². The molecular weight excluding hydrogens is 814 g/mol. The summed E-state index contributed by atoms with van der Waals surface area (Å²) in [5.74, 6) is -5.62. The minimum Gasteiger partial charge on any atom is -0.472 e. The predicted molar refractivity (Wildman–Crippen MR) is 212 cm³/mol. The number of carbonyl (C=O) groups excluding carboxylic acids is 6. The molecule has 18 nitrogen and oxygen atoms in total. The van der Waals surface area contributed by atoms with Gasteiger partial charge >= 0.3 is 30.2 Å². The van der Waals surface area contributed by atoms with Gasteiger partial charge in [-0.2, -0.15) is 0 Å². The third-order valence-corrected chi connectivity index (χ3v) is 12.8. The van der Waals surface area contributed by atoms with Crippen LogP contribution in [0.4, 0.5) is 9.59 Å². The second-order valence-electron chi connectivity index (χ2n) is 18.0. The van der Waals surface area contributed by atoms with E-state index in [4.69, 9.17) is 37.6 Å². The first-order valence-corrected chi connectivity index (χ1v) is 20.4. The van der Waals surface area contributed by atoms with Gasteiger partial charge in [-0.25, -0.2) is 19.2 Å². The Morgan fingerprint density at radius 1 is 1.02 bits per heavy atom. The summed E-state index contributed by atoms with van der Waals surface area (Å²) in [7, 11) is 0. The Kier molecular flexibility index (Phi) is 12.5. The van der Waals surface area contributed by atoms with E-state index in [1.54, 1.807) is 39.0 Å². The number of ether oxygens (including phenoxy) is 7. The molecule has 4 aliphatic rings. The fraction of sp³-hybridized carbons (Fsp3) is 0.591. The van der Waals surface area contributed by atoms with Crippen LogP contribution in [-0.4, -0.2) is 118 Å². The summed E-state index contributed by atoms with van der Waals surface area (Å²) in [6.07, 6.45) is -10.9. The van der Waals surface area contributed by atoms with Crippen molar-refractivity contribution in [3.63, 3.8) is 0 Å². The van der Waals surface area contributed by atoms with Gasteiger partial charge in [0.05, 0.1) is 54.8 Å². The fourth-order valence-electron chi connectivity index (χ4n) is 9.68. The van der Waals surface area contributed by atoms with Crippen LogP contribution in [0, 0.1) is 16.7 Å². The fourth-order valence-corrected chi connectivity index (χ4v) is 9.68. The number of rotatable bonds is 10. The van der Waals surface area contributed by atoms with Crippen molar-refractivity contribution in [1.29, 1.82) is 0 Å². The van der Waals surface area contributed by atoms with E-state index >= 15 is 4.79 Å². The van der Waals surface area contributed by atoms with E-state index in [0.717, 1.165) is 6.92 Å². The third kappa shape index (κ3) is 7.97. The van der Waals surface area contributed by atoms with E-state index in [-0.39, 0.29) is 41.9 Å². The normalized spacial score (nSPS) is 32.2. The second-order valence-corrected chi connectivity index (χ2v) is 18.0. The lowest BCUT2D eigenvalue weighted by atomic mass is 9.44. The van der Waals surface area contributed by atoms with Gasteiger partial charge < -0.3 is 58.2 Å². The Balaban J connectivity index is 1.55. The molecule has 1 saturated heterocycles. The highest BCUT2D eigenvalue weighted by Crippen LogP contribution is 2.64. The molecule has 11 atom stereocenters. The Bertz CT molecular complexity index is 2090. The highest BCUT2D eigenvalue weighted by Gasteiger charge is 2.78. The Labute approximate surface area is 358 Å². The topological polar surface area (TPSA) is 253 Å². The number of furan rings is 1. The van der Waals surface area contributed by atoms with Gasteiger partial charge in [-0.15, -0.1) is 0 Å². The molecule has 2 saturated carbocycles. The molecule has 1 aromatic carbocycles. The Morgan fingerprint density at radius 3 is 2.26 bits per heavy atom. The lowest BCUT2D eigenvalue weighted by Crippen LogP contribution is -2.82. The summed E-state index contributed by atoms with van der Waals surface area (Å²) >= 11 is 0. The molecule has 18 heteroatoms. The van der Waals surface area contributed by atoms with Crippen LogP contribution in [0.25, 0.3) is 0 Å². The van der Waals surface area contributed by atoms with E-state index in [1.807, 2.05) is 0 Å². The Morgan fingerprint density at radius 2 is 1.69 bits per heavy atom. The summed E-state index contributed by atoms with van der Waals surface area (Å²) in [5.41, 5.74) is -8.85. The van der Waals surface area contributed by atoms with Crippen molar-refractivity contribution < 1.29 is 81.7 Å². The monoisotopic (exact) mass is 869 g/mol. The number of aliphatic hydroxyl groups excluding tert-OH is 2. The summed E-state index contributed by atoms with van der Waals surface area (Å²) in [4.78, 5) is 83.3. The molecule has 1 aliphatic heterocycles. The molecule has 62 heavy (non-hydrogen) atoms. The van der Waals surface area contributed by atoms with Gasteiger partial charge in [-0.05, 0) is 70.9 Å². The summed E-state index contributed by atoms with van der Waals surface area (Å²) < 4.78 is 45.8. The van der Waals surface area contributed by atoms with Gasteiger partial charge in [0.1, 0.15) is 29.5 Å². The third-order valence-electron chi connectivity index (χ3n) is 12.8. The molecule has 1 aromatic heterocycles. The first kappa shape index (κ1) is 46.2. The molecule has 2 aromatic rings. The maximum absolute atomic E-state index is 15.6. The molecule has 1 amide bonds. The number of carbonyl (C=O) groups is 6. The highest BCUT2D eigenvalue weighted by molar-refractivity contribution is 5.95.